The molecule has 1 heterocycles. The molecule has 1 aliphatic heterocycles. The Hall–Kier alpha value is -0.660. The van der Waals surface area contributed by atoms with Gasteiger partial charge in [-0.2, -0.15) is 0 Å². The number of likely N-dealkylation sites (tertiary alicyclic amines) is 1. The normalized spacial score (nSPS) is 21.9. The van der Waals surface area contributed by atoms with E-state index in [1.165, 1.54) is 0 Å². The molecule has 1 atom stereocenters. The van der Waals surface area contributed by atoms with Crippen molar-refractivity contribution in [3.05, 3.63) is 0 Å². The van der Waals surface area contributed by atoms with Gasteiger partial charge < -0.3 is 16.4 Å². The van der Waals surface area contributed by atoms with E-state index in [-0.39, 0.29) is 17.9 Å². The zero-order valence-electron chi connectivity index (χ0n) is 10.7. The third kappa shape index (κ3) is 5.79. The Balaban J connectivity index is 2.32. The van der Waals surface area contributed by atoms with Crippen molar-refractivity contribution in [2.45, 2.75) is 19.3 Å². The van der Waals surface area contributed by atoms with Crippen LogP contribution in [0.25, 0.3) is 0 Å². The molecular formula is C11H23N3O3S. The summed E-state index contributed by atoms with van der Waals surface area (Å²) in [5.41, 5.74) is 10.6. The second-order valence-electron chi connectivity index (χ2n) is 4.91. The lowest BCUT2D eigenvalue weighted by Gasteiger charge is -2.31. The quantitative estimate of drug-likeness (QED) is 0.617. The van der Waals surface area contributed by atoms with Crippen molar-refractivity contribution in [3.8, 4) is 0 Å². The van der Waals surface area contributed by atoms with Crippen LogP contribution in [0.5, 0.6) is 0 Å². The van der Waals surface area contributed by atoms with E-state index in [9.17, 15) is 13.2 Å². The van der Waals surface area contributed by atoms with Crippen molar-refractivity contribution in [1.82, 2.24) is 4.90 Å². The number of nitrogens with two attached hydrogens (primary N) is 2. The minimum Gasteiger partial charge on any atom is -0.370 e. The molecule has 0 radical (unpaired) electrons. The number of hydrogen-bond acceptors (Lipinski definition) is 5. The van der Waals surface area contributed by atoms with Gasteiger partial charge in [-0.05, 0) is 31.8 Å². The van der Waals surface area contributed by atoms with Crippen LogP contribution in [-0.2, 0) is 14.6 Å². The molecule has 1 unspecified atom stereocenters. The minimum atomic E-state index is -3.17. The molecule has 0 aromatic carbocycles. The maximum Gasteiger partial charge on any atom is 0.218 e. The summed E-state index contributed by atoms with van der Waals surface area (Å²) >= 11 is 0. The number of rotatable bonds is 7. The van der Waals surface area contributed by atoms with Crippen LogP contribution in [0, 0.1) is 5.92 Å². The van der Waals surface area contributed by atoms with Gasteiger partial charge in [-0.1, -0.05) is 0 Å². The number of hydrogen-bond donors (Lipinski definition) is 2. The fourth-order valence-corrected chi connectivity index (χ4v) is 3.43. The molecule has 0 bridgehead atoms. The third-order valence-corrected chi connectivity index (χ3v) is 4.95. The van der Waals surface area contributed by atoms with Crippen LogP contribution < -0.4 is 11.5 Å². The molecule has 7 heteroatoms. The standard InChI is InChI=1S/C11H23N3O3S/c12-8-10-2-1-4-14(9-10)5-7-18(16,17)6-3-11(13)15/h10H,1-9,12H2,(H2,13,15). The second kappa shape index (κ2) is 7.06. The van der Waals surface area contributed by atoms with Gasteiger partial charge >= 0.3 is 0 Å². The SMILES string of the molecule is NCC1CCCN(CCS(=O)(=O)CCC(N)=O)C1. The molecule has 1 rings (SSSR count). The molecule has 1 amide bonds. The Morgan fingerprint density at radius 1 is 1.33 bits per heavy atom. The first-order valence-electron chi connectivity index (χ1n) is 6.34. The first kappa shape index (κ1) is 15.4. The fraction of sp³-hybridized carbons (Fsp3) is 0.909. The molecule has 1 aliphatic rings. The van der Waals surface area contributed by atoms with E-state index in [1.54, 1.807) is 0 Å². The molecule has 1 fully saturated rings. The predicted molar refractivity (Wildman–Crippen MR) is 70.7 cm³/mol. The van der Waals surface area contributed by atoms with Crippen LogP contribution in [-0.4, -0.2) is 56.9 Å². The summed E-state index contributed by atoms with van der Waals surface area (Å²) in [5.74, 6) is -0.138. The van der Waals surface area contributed by atoms with Crippen molar-refractivity contribution in [1.29, 1.82) is 0 Å². The van der Waals surface area contributed by atoms with Gasteiger partial charge in [0, 0.05) is 19.5 Å². The number of sulfone groups is 1. The lowest BCUT2D eigenvalue weighted by atomic mass is 9.98. The van der Waals surface area contributed by atoms with Crippen molar-refractivity contribution < 1.29 is 13.2 Å². The first-order chi connectivity index (χ1) is 8.43. The largest absolute Gasteiger partial charge is 0.370 e. The van der Waals surface area contributed by atoms with Crippen LogP contribution in [0.2, 0.25) is 0 Å². The predicted octanol–water partition coefficient (Wildman–Crippen LogP) is -1.05. The Morgan fingerprint density at radius 2 is 2.06 bits per heavy atom. The van der Waals surface area contributed by atoms with E-state index >= 15 is 0 Å². The summed E-state index contributed by atoms with van der Waals surface area (Å²) in [6.07, 6.45) is 2.11. The zero-order valence-corrected chi connectivity index (χ0v) is 11.5. The topological polar surface area (TPSA) is 106 Å². The molecule has 6 nitrogen and oxygen atoms in total. The van der Waals surface area contributed by atoms with Gasteiger partial charge in [0.05, 0.1) is 11.5 Å². The molecule has 0 saturated carbocycles. The average molecular weight is 277 g/mol. The number of amides is 1. The highest BCUT2D eigenvalue weighted by Gasteiger charge is 2.20. The summed E-state index contributed by atoms with van der Waals surface area (Å²) < 4.78 is 23.3. The van der Waals surface area contributed by atoms with Crippen LogP contribution >= 0.6 is 0 Å². The molecule has 0 aromatic heterocycles. The van der Waals surface area contributed by atoms with E-state index in [2.05, 4.69) is 4.90 Å². The zero-order chi connectivity index (χ0) is 13.6. The molecule has 106 valence electrons. The van der Waals surface area contributed by atoms with Crippen molar-refractivity contribution in [3.63, 3.8) is 0 Å². The van der Waals surface area contributed by atoms with Gasteiger partial charge in [0.2, 0.25) is 5.91 Å². The van der Waals surface area contributed by atoms with E-state index in [4.69, 9.17) is 11.5 Å². The van der Waals surface area contributed by atoms with Gasteiger partial charge in [-0.25, -0.2) is 8.42 Å². The fourth-order valence-electron chi connectivity index (χ4n) is 2.17. The van der Waals surface area contributed by atoms with Gasteiger partial charge in [0.1, 0.15) is 0 Å². The lowest BCUT2D eigenvalue weighted by molar-refractivity contribution is -0.117. The van der Waals surface area contributed by atoms with Gasteiger partial charge in [0.15, 0.2) is 9.84 Å². The van der Waals surface area contributed by atoms with Gasteiger partial charge in [-0.15, -0.1) is 0 Å². The number of nitrogens with zero attached hydrogens (tertiary/aromatic N) is 1. The van der Waals surface area contributed by atoms with E-state index in [0.29, 0.717) is 19.0 Å². The number of carbonyl (C=O) groups excluding carboxylic acids is 1. The lowest BCUT2D eigenvalue weighted by Crippen LogP contribution is -2.40. The highest BCUT2D eigenvalue weighted by atomic mass is 32.2. The Morgan fingerprint density at radius 3 is 2.67 bits per heavy atom. The molecule has 0 aromatic rings. The molecule has 4 N–H and O–H groups in total. The minimum absolute atomic E-state index is 0.0895. The van der Waals surface area contributed by atoms with Crippen LogP contribution in [0.3, 0.4) is 0 Å². The van der Waals surface area contributed by atoms with Gasteiger partial charge in [0.25, 0.3) is 0 Å². The third-order valence-electron chi connectivity index (χ3n) is 3.31. The maximum absolute atomic E-state index is 11.7. The Kier molecular flexibility index (Phi) is 6.04. The van der Waals surface area contributed by atoms with E-state index < -0.39 is 15.7 Å². The highest BCUT2D eigenvalue weighted by Crippen LogP contribution is 2.15. The number of primary amides is 1. The summed E-state index contributed by atoms with van der Waals surface area (Å²) in [4.78, 5) is 12.7. The first-order valence-corrected chi connectivity index (χ1v) is 8.16. The molecule has 18 heavy (non-hydrogen) atoms. The van der Waals surface area contributed by atoms with Crippen LogP contribution in [0.1, 0.15) is 19.3 Å². The number of piperidine rings is 1. The van der Waals surface area contributed by atoms with Crippen molar-refractivity contribution in [2.24, 2.45) is 17.4 Å². The van der Waals surface area contributed by atoms with Crippen molar-refractivity contribution in [2.75, 3.05) is 37.7 Å². The van der Waals surface area contributed by atoms with E-state index in [0.717, 1.165) is 25.9 Å². The summed E-state index contributed by atoms with van der Waals surface area (Å²) in [5, 5.41) is 0. The molecular weight excluding hydrogens is 254 g/mol. The average Bonchev–Trinajstić information content (AvgIpc) is 2.35. The summed E-state index contributed by atoms with van der Waals surface area (Å²) in [6.45, 7) is 2.99. The van der Waals surface area contributed by atoms with Crippen LogP contribution in [0.15, 0.2) is 0 Å². The van der Waals surface area contributed by atoms with Crippen molar-refractivity contribution >= 4 is 15.7 Å². The summed E-state index contributed by atoms with van der Waals surface area (Å²) in [7, 11) is -3.17. The van der Waals surface area contributed by atoms with Crippen LogP contribution in [0.4, 0.5) is 0 Å². The Bertz CT molecular complexity index is 370. The number of carbonyl (C=O) groups is 1. The maximum atomic E-state index is 11.7. The van der Waals surface area contributed by atoms with E-state index in [1.807, 2.05) is 0 Å². The molecule has 0 spiro atoms. The Labute approximate surface area is 109 Å². The van der Waals surface area contributed by atoms with Gasteiger partial charge in [-0.3, -0.25) is 4.79 Å². The molecule has 0 aliphatic carbocycles. The summed E-state index contributed by atoms with van der Waals surface area (Å²) in [6, 6.07) is 0. The molecule has 1 saturated heterocycles. The second-order valence-corrected chi connectivity index (χ2v) is 7.22. The smallest absolute Gasteiger partial charge is 0.218 e. The highest BCUT2D eigenvalue weighted by molar-refractivity contribution is 7.91. The monoisotopic (exact) mass is 277 g/mol.